The standard InChI is InChI=1S/C11H13BrN2O4/c1-2-3-4-5-18-11(15)8-6-10(14(16)17)13-7-9(8)12/h6-7H,2-5H2,1H3. The number of carbonyl (C=O) groups excluding carboxylic acids is 1. The largest absolute Gasteiger partial charge is 0.462 e. The summed E-state index contributed by atoms with van der Waals surface area (Å²) in [5, 5.41) is 10.6. The maximum absolute atomic E-state index is 11.7. The van der Waals surface area contributed by atoms with Crippen LogP contribution in [-0.2, 0) is 4.74 Å². The molecule has 0 aliphatic heterocycles. The van der Waals surface area contributed by atoms with Crippen molar-refractivity contribution in [3.8, 4) is 0 Å². The molecule has 18 heavy (non-hydrogen) atoms. The molecule has 0 bridgehead atoms. The SMILES string of the molecule is CCCCCOC(=O)c1cc([N+](=O)[O-])ncc1Br. The number of rotatable bonds is 6. The van der Waals surface area contributed by atoms with Gasteiger partial charge in [0.2, 0.25) is 0 Å². The lowest BCUT2D eigenvalue weighted by molar-refractivity contribution is -0.389. The number of ether oxygens (including phenoxy) is 1. The Hall–Kier alpha value is -1.50. The topological polar surface area (TPSA) is 82.3 Å². The number of nitro groups is 1. The summed E-state index contributed by atoms with van der Waals surface area (Å²) in [6, 6.07) is 1.10. The second kappa shape index (κ2) is 7.05. The second-order valence-electron chi connectivity index (χ2n) is 3.62. The summed E-state index contributed by atoms with van der Waals surface area (Å²) < 4.78 is 5.41. The summed E-state index contributed by atoms with van der Waals surface area (Å²) in [5.74, 6) is -0.956. The molecule has 0 unspecified atom stereocenters. The summed E-state index contributed by atoms with van der Waals surface area (Å²) in [4.78, 5) is 25.2. The highest BCUT2D eigenvalue weighted by Gasteiger charge is 2.18. The van der Waals surface area contributed by atoms with E-state index in [9.17, 15) is 14.9 Å². The third-order valence-corrected chi connectivity index (χ3v) is 2.86. The average Bonchev–Trinajstić information content (AvgIpc) is 2.34. The molecule has 0 amide bonds. The number of unbranched alkanes of at least 4 members (excludes halogenated alkanes) is 2. The lowest BCUT2D eigenvalue weighted by Crippen LogP contribution is -2.08. The Morgan fingerprint density at radius 2 is 2.28 bits per heavy atom. The zero-order chi connectivity index (χ0) is 13.5. The van der Waals surface area contributed by atoms with Crippen molar-refractivity contribution in [2.75, 3.05) is 6.61 Å². The predicted octanol–water partition coefficient (Wildman–Crippen LogP) is 3.10. The first-order valence-corrected chi connectivity index (χ1v) is 6.32. The Morgan fingerprint density at radius 1 is 1.56 bits per heavy atom. The lowest BCUT2D eigenvalue weighted by Gasteiger charge is -2.05. The summed E-state index contributed by atoms with van der Waals surface area (Å²) in [6.45, 7) is 2.36. The van der Waals surface area contributed by atoms with Gasteiger partial charge in [-0.25, -0.2) is 4.79 Å². The van der Waals surface area contributed by atoms with Crippen molar-refractivity contribution in [2.24, 2.45) is 0 Å². The Morgan fingerprint density at radius 3 is 2.89 bits per heavy atom. The molecule has 98 valence electrons. The lowest BCUT2D eigenvalue weighted by atomic mass is 10.2. The minimum absolute atomic E-state index is 0.119. The molecule has 0 fully saturated rings. The zero-order valence-corrected chi connectivity index (χ0v) is 11.5. The molecule has 6 nitrogen and oxygen atoms in total. The van der Waals surface area contributed by atoms with Crippen LogP contribution in [0.2, 0.25) is 0 Å². The van der Waals surface area contributed by atoms with Crippen LogP contribution in [0.15, 0.2) is 16.7 Å². The summed E-state index contributed by atoms with van der Waals surface area (Å²) in [6.07, 6.45) is 4.01. The van der Waals surface area contributed by atoms with Gasteiger partial charge in [0, 0.05) is 0 Å². The van der Waals surface area contributed by atoms with E-state index in [1.54, 1.807) is 0 Å². The van der Waals surface area contributed by atoms with E-state index < -0.39 is 10.9 Å². The first-order chi connectivity index (χ1) is 8.56. The van der Waals surface area contributed by atoms with Crippen molar-refractivity contribution in [1.82, 2.24) is 4.98 Å². The Bertz CT molecular complexity index is 451. The Kier molecular flexibility index (Phi) is 5.70. The molecule has 0 radical (unpaired) electrons. The molecular weight excluding hydrogens is 304 g/mol. The van der Waals surface area contributed by atoms with Crippen molar-refractivity contribution >= 4 is 27.7 Å². The van der Waals surface area contributed by atoms with Crippen LogP contribution in [0.4, 0.5) is 5.82 Å². The van der Waals surface area contributed by atoms with Gasteiger partial charge in [-0.3, -0.25) is 0 Å². The zero-order valence-electron chi connectivity index (χ0n) is 9.89. The van der Waals surface area contributed by atoms with E-state index in [2.05, 4.69) is 20.9 Å². The van der Waals surface area contributed by atoms with Gasteiger partial charge in [-0.15, -0.1) is 0 Å². The van der Waals surface area contributed by atoms with Crippen LogP contribution in [0.1, 0.15) is 36.5 Å². The Balaban J connectivity index is 2.72. The molecule has 0 aromatic carbocycles. The highest BCUT2D eigenvalue weighted by atomic mass is 79.9. The fourth-order valence-electron chi connectivity index (χ4n) is 1.28. The number of pyridine rings is 1. The van der Waals surface area contributed by atoms with E-state index in [0.29, 0.717) is 11.1 Å². The van der Waals surface area contributed by atoms with Crippen molar-refractivity contribution < 1.29 is 14.5 Å². The second-order valence-corrected chi connectivity index (χ2v) is 4.48. The maximum Gasteiger partial charge on any atom is 0.364 e. The molecule has 1 heterocycles. The molecule has 7 heteroatoms. The van der Waals surface area contributed by atoms with Gasteiger partial charge in [-0.2, -0.15) is 0 Å². The first-order valence-electron chi connectivity index (χ1n) is 5.53. The first kappa shape index (κ1) is 14.6. The molecule has 0 aliphatic carbocycles. The van der Waals surface area contributed by atoms with Crippen LogP contribution in [-0.4, -0.2) is 22.5 Å². The van der Waals surface area contributed by atoms with Crippen molar-refractivity contribution in [3.05, 3.63) is 32.4 Å². The Labute approximate surface area is 113 Å². The quantitative estimate of drug-likeness (QED) is 0.348. The van der Waals surface area contributed by atoms with Gasteiger partial charge in [0.15, 0.2) is 6.20 Å². The van der Waals surface area contributed by atoms with Crippen molar-refractivity contribution in [2.45, 2.75) is 26.2 Å². The monoisotopic (exact) mass is 316 g/mol. The van der Waals surface area contributed by atoms with Gasteiger partial charge in [-0.05, 0) is 32.3 Å². The molecule has 0 atom stereocenters. The van der Waals surface area contributed by atoms with E-state index >= 15 is 0 Å². The van der Waals surface area contributed by atoms with Crippen LogP contribution in [0.25, 0.3) is 0 Å². The molecule has 0 saturated heterocycles. The minimum atomic E-state index is -0.652. The molecule has 0 N–H and O–H groups in total. The number of carbonyl (C=O) groups is 1. The van der Waals surface area contributed by atoms with Crippen LogP contribution in [0.3, 0.4) is 0 Å². The predicted molar refractivity (Wildman–Crippen MR) is 68.4 cm³/mol. The van der Waals surface area contributed by atoms with Crippen LogP contribution in [0.5, 0.6) is 0 Å². The number of hydrogen-bond donors (Lipinski definition) is 0. The van der Waals surface area contributed by atoms with Gasteiger partial charge in [0.05, 0.1) is 22.7 Å². The maximum atomic E-state index is 11.7. The highest BCUT2D eigenvalue weighted by molar-refractivity contribution is 9.10. The van der Waals surface area contributed by atoms with Crippen LogP contribution >= 0.6 is 15.9 Å². The number of aromatic nitrogens is 1. The average molecular weight is 317 g/mol. The third-order valence-electron chi connectivity index (χ3n) is 2.23. The molecule has 1 rings (SSSR count). The molecular formula is C11H13BrN2O4. The fraction of sp³-hybridized carbons (Fsp3) is 0.455. The smallest absolute Gasteiger partial charge is 0.364 e. The van der Waals surface area contributed by atoms with E-state index in [-0.39, 0.29) is 11.4 Å². The van der Waals surface area contributed by atoms with E-state index in [1.165, 1.54) is 6.20 Å². The minimum Gasteiger partial charge on any atom is -0.462 e. The van der Waals surface area contributed by atoms with E-state index in [4.69, 9.17) is 4.74 Å². The normalized spacial score (nSPS) is 10.1. The van der Waals surface area contributed by atoms with Crippen LogP contribution < -0.4 is 0 Å². The van der Waals surface area contributed by atoms with Gasteiger partial charge >= 0.3 is 11.8 Å². The highest BCUT2D eigenvalue weighted by Crippen LogP contribution is 2.20. The molecule has 0 aliphatic rings. The van der Waals surface area contributed by atoms with Gasteiger partial charge in [0.25, 0.3) is 0 Å². The van der Waals surface area contributed by atoms with Crippen molar-refractivity contribution in [3.63, 3.8) is 0 Å². The van der Waals surface area contributed by atoms with Gasteiger partial charge in [-0.1, -0.05) is 19.8 Å². The fourth-order valence-corrected chi connectivity index (χ4v) is 1.66. The number of nitrogens with zero attached hydrogens (tertiary/aromatic N) is 2. The molecule has 0 saturated carbocycles. The van der Waals surface area contributed by atoms with E-state index in [0.717, 1.165) is 25.3 Å². The molecule has 0 spiro atoms. The summed E-state index contributed by atoms with van der Waals surface area (Å²) in [5.41, 5.74) is 0.119. The van der Waals surface area contributed by atoms with Gasteiger partial charge in [0.1, 0.15) is 0 Å². The van der Waals surface area contributed by atoms with E-state index in [1.807, 2.05) is 6.92 Å². The van der Waals surface area contributed by atoms with Crippen LogP contribution in [0, 0.1) is 10.1 Å². The van der Waals surface area contributed by atoms with Gasteiger partial charge < -0.3 is 14.9 Å². The number of hydrogen-bond acceptors (Lipinski definition) is 5. The summed E-state index contributed by atoms with van der Waals surface area (Å²) in [7, 11) is 0. The molecule has 1 aromatic heterocycles. The van der Waals surface area contributed by atoms with Crippen molar-refractivity contribution in [1.29, 1.82) is 0 Å². The number of halogens is 1. The summed E-state index contributed by atoms with van der Waals surface area (Å²) >= 11 is 3.12. The third kappa shape index (κ3) is 4.06. The number of esters is 1. The molecule has 1 aromatic rings.